The van der Waals surface area contributed by atoms with Crippen LogP contribution >= 0.6 is 15.9 Å². The molecule has 0 heterocycles. The summed E-state index contributed by atoms with van der Waals surface area (Å²) in [5.74, 6) is 1.56. The summed E-state index contributed by atoms with van der Waals surface area (Å²) in [5.41, 5.74) is 1.64. The fourth-order valence-electron chi connectivity index (χ4n) is 2.78. The van der Waals surface area contributed by atoms with Gasteiger partial charge in [-0.05, 0) is 69.7 Å². The first-order valence-electron chi connectivity index (χ1n) is 8.33. The first-order valence-corrected chi connectivity index (χ1v) is 9.12. The highest BCUT2D eigenvalue weighted by Gasteiger charge is 2.18. The van der Waals surface area contributed by atoms with E-state index >= 15 is 0 Å². The van der Waals surface area contributed by atoms with Crippen LogP contribution in [0.1, 0.15) is 59.4 Å². The summed E-state index contributed by atoms with van der Waals surface area (Å²) in [4.78, 5) is 0. The van der Waals surface area contributed by atoms with Crippen LogP contribution in [0, 0.1) is 11.8 Å². The predicted octanol–water partition coefficient (Wildman–Crippen LogP) is 5.82. The Morgan fingerprint density at radius 1 is 1.10 bits per heavy atom. The Morgan fingerprint density at radius 2 is 1.76 bits per heavy atom. The maximum Gasteiger partial charge on any atom is 0.0177 e. The third-order valence-corrected chi connectivity index (χ3v) is 4.65. The van der Waals surface area contributed by atoms with E-state index in [2.05, 4.69) is 80.1 Å². The number of rotatable bonds is 8. The molecule has 1 rings (SSSR count). The van der Waals surface area contributed by atoms with Crippen LogP contribution in [0.15, 0.2) is 28.7 Å². The normalized spacial score (nSPS) is 13.7. The molecule has 1 atom stereocenters. The molecule has 1 N–H and O–H groups in total. The lowest BCUT2D eigenvalue weighted by molar-refractivity contribution is 0.306. The third-order valence-electron chi connectivity index (χ3n) is 4.16. The predicted molar refractivity (Wildman–Crippen MR) is 97.8 cm³/mol. The van der Waals surface area contributed by atoms with Crippen LogP contribution in [-0.4, -0.2) is 12.1 Å². The smallest absolute Gasteiger partial charge is 0.0177 e. The van der Waals surface area contributed by atoms with E-state index in [-0.39, 0.29) is 5.54 Å². The number of hydrogen-bond donors (Lipinski definition) is 1. The van der Waals surface area contributed by atoms with Gasteiger partial charge in [-0.25, -0.2) is 0 Å². The highest BCUT2D eigenvalue weighted by molar-refractivity contribution is 9.10. The van der Waals surface area contributed by atoms with Gasteiger partial charge < -0.3 is 5.32 Å². The van der Waals surface area contributed by atoms with Gasteiger partial charge in [-0.2, -0.15) is 0 Å². The van der Waals surface area contributed by atoms with Gasteiger partial charge in [0.1, 0.15) is 0 Å². The topological polar surface area (TPSA) is 12.0 Å². The quantitative estimate of drug-likeness (QED) is 0.620. The van der Waals surface area contributed by atoms with Gasteiger partial charge in [0.2, 0.25) is 0 Å². The molecule has 0 amide bonds. The molecule has 0 radical (unpaired) electrons. The van der Waals surface area contributed by atoms with E-state index in [1.165, 1.54) is 35.7 Å². The van der Waals surface area contributed by atoms with Gasteiger partial charge in [0.15, 0.2) is 0 Å². The van der Waals surface area contributed by atoms with E-state index in [1.807, 2.05) is 0 Å². The maximum absolute atomic E-state index is 3.70. The molecule has 0 aliphatic carbocycles. The largest absolute Gasteiger partial charge is 0.312 e. The van der Waals surface area contributed by atoms with E-state index in [4.69, 9.17) is 0 Å². The summed E-state index contributed by atoms with van der Waals surface area (Å²) in [5, 5.41) is 3.70. The van der Waals surface area contributed by atoms with Gasteiger partial charge in [-0.15, -0.1) is 0 Å². The Bertz CT molecular complexity index is 404. The Labute approximate surface area is 140 Å². The molecule has 0 aliphatic rings. The molecule has 2 heteroatoms. The summed E-state index contributed by atoms with van der Waals surface area (Å²) in [6.07, 6.45) is 5.07. The zero-order valence-electron chi connectivity index (χ0n) is 14.4. The average molecular weight is 354 g/mol. The zero-order valence-corrected chi connectivity index (χ0v) is 16.0. The molecule has 0 spiro atoms. The van der Waals surface area contributed by atoms with Gasteiger partial charge in [-0.3, -0.25) is 0 Å². The van der Waals surface area contributed by atoms with Gasteiger partial charge in [0.05, 0.1) is 0 Å². The van der Waals surface area contributed by atoms with Crippen molar-refractivity contribution >= 4 is 15.9 Å². The second-order valence-electron chi connectivity index (χ2n) is 7.25. The average Bonchev–Trinajstić information content (AvgIpc) is 2.41. The summed E-state index contributed by atoms with van der Waals surface area (Å²) in [6, 6.07) is 8.76. The van der Waals surface area contributed by atoms with Crippen molar-refractivity contribution < 1.29 is 0 Å². The van der Waals surface area contributed by atoms with Crippen LogP contribution < -0.4 is 5.32 Å². The molecule has 0 fully saturated rings. The highest BCUT2D eigenvalue weighted by Crippen LogP contribution is 2.23. The lowest BCUT2D eigenvalue weighted by Gasteiger charge is -2.27. The van der Waals surface area contributed by atoms with Crippen molar-refractivity contribution in [1.29, 1.82) is 0 Å². The van der Waals surface area contributed by atoms with Crippen molar-refractivity contribution in [3.8, 4) is 0 Å². The highest BCUT2D eigenvalue weighted by atomic mass is 79.9. The SMILES string of the molecule is CCC(CC)CC(CNC(C)(C)C)Cc1cccc(Br)c1. The molecular weight excluding hydrogens is 322 g/mol. The van der Waals surface area contributed by atoms with Crippen LogP contribution in [0.3, 0.4) is 0 Å². The fraction of sp³-hybridized carbons (Fsp3) is 0.684. The van der Waals surface area contributed by atoms with Gasteiger partial charge in [0.25, 0.3) is 0 Å². The van der Waals surface area contributed by atoms with Gasteiger partial charge in [0, 0.05) is 10.0 Å². The maximum atomic E-state index is 3.70. The molecule has 0 saturated carbocycles. The second kappa shape index (κ2) is 8.95. The molecule has 0 bridgehead atoms. The Kier molecular flexibility index (Phi) is 7.97. The van der Waals surface area contributed by atoms with Crippen LogP contribution in [-0.2, 0) is 6.42 Å². The number of halogens is 1. The van der Waals surface area contributed by atoms with Gasteiger partial charge in [-0.1, -0.05) is 54.8 Å². The van der Waals surface area contributed by atoms with E-state index in [1.54, 1.807) is 0 Å². The number of benzene rings is 1. The summed E-state index contributed by atoms with van der Waals surface area (Å²) < 4.78 is 1.19. The van der Waals surface area contributed by atoms with Crippen LogP contribution in [0.4, 0.5) is 0 Å². The molecular formula is C19H32BrN. The third kappa shape index (κ3) is 8.01. The number of nitrogens with one attached hydrogen (secondary N) is 1. The minimum absolute atomic E-state index is 0.198. The molecule has 1 aromatic rings. The fourth-order valence-corrected chi connectivity index (χ4v) is 3.23. The molecule has 1 aromatic carbocycles. The zero-order chi connectivity index (χ0) is 15.9. The monoisotopic (exact) mass is 353 g/mol. The van der Waals surface area contributed by atoms with Crippen molar-refractivity contribution in [1.82, 2.24) is 5.32 Å². The first kappa shape index (κ1) is 18.7. The van der Waals surface area contributed by atoms with E-state index < -0.39 is 0 Å². The van der Waals surface area contributed by atoms with E-state index in [9.17, 15) is 0 Å². The molecule has 1 unspecified atom stereocenters. The molecule has 21 heavy (non-hydrogen) atoms. The Balaban J connectivity index is 2.70. The van der Waals surface area contributed by atoms with Crippen molar-refractivity contribution in [2.75, 3.05) is 6.54 Å². The number of hydrogen-bond acceptors (Lipinski definition) is 1. The molecule has 0 saturated heterocycles. The Morgan fingerprint density at radius 3 is 2.29 bits per heavy atom. The van der Waals surface area contributed by atoms with Crippen molar-refractivity contribution in [3.63, 3.8) is 0 Å². The minimum atomic E-state index is 0.198. The van der Waals surface area contributed by atoms with Crippen LogP contribution in [0.5, 0.6) is 0 Å². The lowest BCUT2D eigenvalue weighted by atomic mass is 9.86. The van der Waals surface area contributed by atoms with E-state index in [0.29, 0.717) is 5.92 Å². The molecule has 1 nitrogen and oxygen atoms in total. The minimum Gasteiger partial charge on any atom is -0.312 e. The van der Waals surface area contributed by atoms with Crippen molar-refractivity contribution in [2.45, 2.75) is 65.8 Å². The summed E-state index contributed by atoms with van der Waals surface area (Å²) in [6.45, 7) is 12.5. The first-order chi connectivity index (χ1) is 9.84. The lowest BCUT2D eigenvalue weighted by Crippen LogP contribution is -2.40. The van der Waals surface area contributed by atoms with Gasteiger partial charge >= 0.3 is 0 Å². The molecule has 0 aromatic heterocycles. The van der Waals surface area contributed by atoms with Crippen LogP contribution in [0.2, 0.25) is 0 Å². The van der Waals surface area contributed by atoms with Crippen molar-refractivity contribution in [3.05, 3.63) is 34.3 Å². The Hall–Kier alpha value is -0.340. The second-order valence-corrected chi connectivity index (χ2v) is 8.16. The van der Waals surface area contributed by atoms with Crippen LogP contribution in [0.25, 0.3) is 0 Å². The summed E-state index contributed by atoms with van der Waals surface area (Å²) in [7, 11) is 0. The van der Waals surface area contributed by atoms with Crippen molar-refractivity contribution in [2.24, 2.45) is 11.8 Å². The molecule has 0 aliphatic heterocycles. The summed E-state index contributed by atoms with van der Waals surface area (Å²) >= 11 is 3.59. The molecule has 120 valence electrons. The standard InChI is InChI=1S/C19H32BrN/c1-6-15(7-2)11-17(14-21-19(3,4)5)12-16-9-8-10-18(20)13-16/h8-10,13,15,17,21H,6-7,11-12,14H2,1-5H3. The van der Waals surface area contributed by atoms with E-state index in [0.717, 1.165) is 12.5 Å².